The molecule has 1 atom stereocenters. The van der Waals surface area contributed by atoms with Gasteiger partial charge in [0.25, 0.3) is 0 Å². The van der Waals surface area contributed by atoms with Gasteiger partial charge in [0, 0.05) is 0 Å². The van der Waals surface area contributed by atoms with Crippen molar-refractivity contribution in [2.45, 2.75) is 25.3 Å². The standard InChI is InChI=1S/C13H15NS/c1-2-6-13(14-11-15)10-9-12-7-4-3-5-8-12/h2-5,7-8,13H,1,6,9-10H2. The summed E-state index contributed by atoms with van der Waals surface area (Å²) in [5.41, 5.74) is 1.34. The lowest BCUT2D eigenvalue weighted by atomic mass is 10.0. The Morgan fingerprint density at radius 3 is 2.73 bits per heavy atom. The number of isothiocyanates is 1. The molecule has 0 fully saturated rings. The van der Waals surface area contributed by atoms with Crippen LogP contribution in [0.25, 0.3) is 0 Å². The molecule has 0 saturated heterocycles. The zero-order valence-corrected chi connectivity index (χ0v) is 9.54. The highest BCUT2D eigenvalue weighted by Crippen LogP contribution is 2.10. The number of benzene rings is 1. The molecule has 0 heterocycles. The van der Waals surface area contributed by atoms with Crippen LogP contribution < -0.4 is 0 Å². The molecule has 1 aromatic carbocycles. The summed E-state index contributed by atoms with van der Waals surface area (Å²) in [6, 6.07) is 10.6. The fourth-order valence-corrected chi connectivity index (χ4v) is 1.63. The molecule has 0 aliphatic rings. The maximum Gasteiger partial charge on any atom is 0.0640 e. The maximum absolute atomic E-state index is 4.62. The van der Waals surface area contributed by atoms with Gasteiger partial charge in [0.15, 0.2) is 0 Å². The van der Waals surface area contributed by atoms with Crippen molar-refractivity contribution >= 4 is 17.4 Å². The number of aryl methyl sites for hydroxylation is 1. The highest BCUT2D eigenvalue weighted by atomic mass is 32.1. The van der Waals surface area contributed by atoms with Crippen molar-refractivity contribution in [1.82, 2.24) is 0 Å². The molecule has 1 rings (SSSR count). The molecule has 1 aromatic rings. The molecule has 1 nitrogen and oxygen atoms in total. The van der Waals surface area contributed by atoms with Crippen molar-refractivity contribution in [3.63, 3.8) is 0 Å². The van der Waals surface area contributed by atoms with Gasteiger partial charge < -0.3 is 0 Å². The van der Waals surface area contributed by atoms with E-state index in [1.807, 2.05) is 12.1 Å². The molecule has 1 unspecified atom stereocenters. The smallest absolute Gasteiger partial charge is 0.0640 e. The first-order valence-electron chi connectivity index (χ1n) is 5.08. The number of nitrogens with zero attached hydrogens (tertiary/aromatic N) is 1. The lowest BCUT2D eigenvalue weighted by Gasteiger charge is -2.07. The second-order valence-electron chi connectivity index (χ2n) is 3.42. The number of rotatable bonds is 6. The van der Waals surface area contributed by atoms with Gasteiger partial charge in [-0.3, -0.25) is 0 Å². The van der Waals surface area contributed by atoms with E-state index in [9.17, 15) is 0 Å². The highest BCUT2D eigenvalue weighted by molar-refractivity contribution is 7.78. The fraction of sp³-hybridized carbons (Fsp3) is 0.308. The Morgan fingerprint density at radius 1 is 1.40 bits per heavy atom. The maximum atomic E-state index is 4.62. The molecule has 0 saturated carbocycles. The van der Waals surface area contributed by atoms with Crippen molar-refractivity contribution in [2.75, 3.05) is 0 Å². The van der Waals surface area contributed by atoms with Gasteiger partial charge in [-0.25, -0.2) is 4.99 Å². The van der Waals surface area contributed by atoms with E-state index < -0.39 is 0 Å². The summed E-state index contributed by atoms with van der Waals surface area (Å²) < 4.78 is 0. The van der Waals surface area contributed by atoms with Crippen molar-refractivity contribution < 1.29 is 0 Å². The second-order valence-corrected chi connectivity index (χ2v) is 3.61. The third-order valence-corrected chi connectivity index (χ3v) is 2.39. The predicted molar refractivity (Wildman–Crippen MR) is 68.4 cm³/mol. The topological polar surface area (TPSA) is 12.4 Å². The van der Waals surface area contributed by atoms with E-state index in [4.69, 9.17) is 0 Å². The highest BCUT2D eigenvalue weighted by Gasteiger charge is 2.04. The third-order valence-electron chi connectivity index (χ3n) is 2.28. The fourth-order valence-electron chi connectivity index (χ4n) is 1.48. The quantitative estimate of drug-likeness (QED) is 0.402. The Hall–Kier alpha value is -1.24. The minimum atomic E-state index is 0.236. The molecule has 0 aliphatic heterocycles. The van der Waals surface area contributed by atoms with E-state index in [0.29, 0.717) is 0 Å². The van der Waals surface area contributed by atoms with Crippen molar-refractivity contribution in [1.29, 1.82) is 0 Å². The van der Waals surface area contributed by atoms with Gasteiger partial charge in [0.2, 0.25) is 0 Å². The van der Waals surface area contributed by atoms with Crippen LogP contribution in [0.3, 0.4) is 0 Å². The molecule has 78 valence electrons. The van der Waals surface area contributed by atoms with Gasteiger partial charge >= 0.3 is 0 Å². The summed E-state index contributed by atoms with van der Waals surface area (Å²) in [5, 5.41) is 2.45. The minimum absolute atomic E-state index is 0.236. The van der Waals surface area contributed by atoms with Crippen LogP contribution in [0.15, 0.2) is 48.0 Å². The summed E-state index contributed by atoms with van der Waals surface area (Å²) in [6.45, 7) is 3.72. The zero-order chi connectivity index (χ0) is 10.9. The van der Waals surface area contributed by atoms with Gasteiger partial charge in [0.05, 0.1) is 11.2 Å². The van der Waals surface area contributed by atoms with Crippen LogP contribution in [0, 0.1) is 0 Å². The van der Waals surface area contributed by atoms with E-state index in [-0.39, 0.29) is 6.04 Å². The van der Waals surface area contributed by atoms with Crippen molar-refractivity contribution in [2.24, 2.45) is 4.99 Å². The van der Waals surface area contributed by atoms with Gasteiger partial charge in [0.1, 0.15) is 0 Å². The predicted octanol–water partition coefficient (Wildman–Crippen LogP) is 3.67. The van der Waals surface area contributed by atoms with E-state index in [1.165, 1.54) is 5.56 Å². The van der Waals surface area contributed by atoms with Gasteiger partial charge in [-0.1, -0.05) is 36.4 Å². The first-order valence-corrected chi connectivity index (χ1v) is 5.49. The molecular formula is C13H15NS. The number of aliphatic imine (C=N–C) groups is 1. The number of thiocarbonyl (C=S) groups is 1. The van der Waals surface area contributed by atoms with E-state index >= 15 is 0 Å². The summed E-state index contributed by atoms with van der Waals surface area (Å²) in [5.74, 6) is 0. The van der Waals surface area contributed by atoms with Crippen LogP contribution in [0.4, 0.5) is 0 Å². The first-order chi connectivity index (χ1) is 7.36. The van der Waals surface area contributed by atoms with Crippen LogP contribution in [0.5, 0.6) is 0 Å². The molecule has 15 heavy (non-hydrogen) atoms. The van der Waals surface area contributed by atoms with Crippen LogP contribution >= 0.6 is 12.2 Å². The van der Waals surface area contributed by atoms with E-state index in [1.54, 1.807) is 0 Å². The molecule has 0 aliphatic carbocycles. The summed E-state index contributed by atoms with van der Waals surface area (Å²) in [6.07, 6.45) is 4.78. The van der Waals surface area contributed by atoms with Crippen molar-refractivity contribution in [3.05, 3.63) is 48.6 Å². The molecule has 0 amide bonds. The molecule has 0 radical (unpaired) electrons. The average molecular weight is 217 g/mol. The normalized spacial score (nSPS) is 11.5. The van der Waals surface area contributed by atoms with E-state index in [2.05, 4.69) is 53.2 Å². The monoisotopic (exact) mass is 217 g/mol. The van der Waals surface area contributed by atoms with Crippen LogP contribution in [-0.4, -0.2) is 11.2 Å². The SMILES string of the molecule is C=CCC(CCc1ccccc1)N=C=S. The van der Waals surface area contributed by atoms with Crippen LogP contribution in [0.1, 0.15) is 18.4 Å². The summed E-state index contributed by atoms with van der Waals surface area (Å²) in [7, 11) is 0. The molecule has 0 bridgehead atoms. The summed E-state index contributed by atoms with van der Waals surface area (Å²) >= 11 is 4.62. The third kappa shape index (κ3) is 4.68. The van der Waals surface area contributed by atoms with Crippen LogP contribution in [0.2, 0.25) is 0 Å². The number of hydrogen-bond acceptors (Lipinski definition) is 2. The Bertz CT molecular complexity index is 339. The van der Waals surface area contributed by atoms with Gasteiger partial charge in [-0.15, -0.1) is 6.58 Å². The molecule has 0 spiro atoms. The zero-order valence-electron chi connectivity index (χ0n) is 8.73. The Kier molecular flexibility index (Phi) is 5.60. The Labute approximate surface area is 96.6 Å². The molecule has 0 N–H and O–H groups in total. The average Bonchev–Trinajstić information content (AvgIpc) is 2.28. The summed E-state index contributed by atoms with van der Waals surface area (Å²) in [4.78, 5) is 4.12. The molecule has 0 aromatic heterocycles. The number of hydrogen-bond donors (Lipinski definition) is 0. The largest absolute Gasteiger partial charge is 0.229 e. The second kappa shape index (κ2) is 7.10. The van der Waals surface area contributed by atoms with E-state index in [0.717, 1.165) is 19.3 Å². The molecular weight excluding hydrogens is 202 g/mol. The minimum Gasteiger partial charge on any atom is -0.229 e. The first kappa shape index (κ1) is 11.8. The Balaban J connectivity index is 2.46. The molecule has 2 heteroatoms. The van der Waals surface area contributed by atoms with Crippen molar-refractivity contribution in [3.8, 4) is 0 Å². The van der Waals surface area contributed by atoms with Gasteiger partial charge in [-0.05, 0) is 37.0 Å². The lowest BCUT2D eigenvalue weighted by molar-refractivity contribution is 0.627. The van der Waals surface area contributed by atoms with Crippen LogP contribution in [-0.2, 0) is 6.42 Å². The lowest BCUT2D eigenvalue weighted by Crippen LogP contribution is -2.04. The Morgan fingerprint density at radius 2 is 2.13 bits per heavy atom. The van der Waals surface area contributed by atoms with Gasteiger partial charge in [-0.2, -0.15) is 0 Å².